The number of nitrogens with zero attached hydrogens (tertiary/aromatic N) is 3. The summed E-state index contributed by atoms with van der Waals surface area (Å²) < 4.78 is 6.65. The number of halogens is 2. The summed E-state index contributed by atoms with van der Waals surface area (Å²) in [5.74, 6) is 1.69. The van der Waals surface area contributed by atoms with E-state index < -0.39 is 0 Å². The van der Waals surface area contributed by atoms with Gasteiger partial charge in [0.15, 0.2) is 0 Å². The second-order valence-corrected chi connectivity index (χ2v) is 6.76. The molecule has 5 nitrogen and oxygen atoms in total. The van der Waals surface area contributed by atoms with Gasteiger partial charge in [0, 0.05) is 9.86 Å². The highest BCUT2D eigenvalue weighted by atomic mass is 79.9. The normalized spacial score (nSPS) is 10.7. The third kappa shape index (κ3) is 3.61. The Morgan fingerprint density at radius 1 is 0.962 bits per heavy atom. The molecular formula is C19H12BrClN4O. The van der Waals surface area contributed by atoms with Crippen molar-refractivity contribution in [3.05, 3.63) is 76.6 Å². The number of benzene rings is 2. The Labute approximate surface area is 163 Å². The molecule has 0 saturated heterocycles. The highest BCUT2D eigenvalue weighted by molar-refractivity contribution is 9.10. The van der Waals surface area contributed by atoms with Crippen LogP contribution in [0.25, 0.3) is 10.9 Å². The van der Waals surface area contributed by atoms with Crippen molar-refractivity contribution in [3.8, 4) is 11.6 Å². The number of pyridine rings is 1. The fraction of sp³-hybridized carbons (Fsp3) is 0. The number of hydrogen-bond donors (Lipinski definition) is 1. The van der Waals surface area contributed by atoms with Crippen LogP contribution in [0.5, 0.6) is 11.6 Å². The van der Waals surface area contributed by atoms with Crippen LogP contribution in [0, 0.1) is 0 Å². The average Bonchev–Trinajstić information content (AvgIpc) is 2.65. The van der Waals surface area contributed by atoms with Crippen molar-refractivity contribution in [2.24, 2.45) is 0 Å². The summed E-state index contributed by atoms with van der Waals surface area (Å²) in [5, 5.41) is 4.52. The first kappa shape index (κ1) is 16.8. The summed E-state index contributed by atoms with van der Waals surface area (Å²) in [6, 6.07) is 16.9. The Bertz CT molecular complexity index is 1080. The molecule has 1 N–H and O–H groups in total. The van der Waals surface area contributed by atoms with Crippen molar-refractivity contribution in [1.82, 2.24) is 15.0 Å². The van der Waals surface area contributed by atoms with Gasteiger partial charge >= 0.3 is 0 Å². The van der Waals surface area contributed by atoms with E-state index in [-0.39, 0.29) is 0 Å². The van der Waals surface area contributed by atoms with Gasteiger partial charge in [-0.15, -0.1) is 0 Å². The molecular weight excluding hydrogens is 416 g/mol. The maximum Gasteiger partial charge on any atom is 0.238 e. The third-order valence-corrected chi connectivity index (χ3v) is 4.39. The maximum atomic E-state index is 6.32. The Hall–Kier alpha value is -2.70. The fourth-order valence-corrected chi connectivity index (χ4v) is 3.00. The zero-order chi connectivity index (χ0) is 17.9. The van der Waals surface area contributed by atoms with E-state index in [4.69, 9.17) is 16.3 Å². The Balaban J connectivity index is 1.62. The molecule has 0 saturated carbocycles. The first-order valence-corrected chi connectivity index (χ1v) is 8.92. The highest BCUT2D eigenvalue weighted by Gasteiger charge is 2.09. The summed E-state index contributed by atoms with van der Waals surface area (Å²) in [5.41, 5.74) is 1.55. The number of nitrogens with one attached hydrogen (secondary N) is 1. The van der Waals surface area contributed by atoms with Crippen LogP contribution >= 0.6 is 27.5 Å². The van der Waals surface area contributed by atoms with E-state index in [1.165, 1.54) is 6.33 Å². The van der Waals surface area contributed by atoms with Crippen LogP contribution in [-0.2, 0) is 0 Å². The van der Waals surface area contributed by atoms with Crippen LogP contribution in [0.15, 0.2) is 71.6 Å². The van der Waals surface area contributed by atoms with Gasteiger partial charge in [0.2, 0.25) is 5.88 Å². The van der Waals surface area contributed by atoms with Gasteiger partial charge in [-0.05, 0) is 36.4 Å². The topological polar surface area (TPSA) is 59.9 Å². The van der Waals surface area contributed by atoms with Crippen LogP contribution < -0.4 is 10.1 Å². The van der Waals surface area contributed by atoms with Gasteiger partial charge < -0.3 is 10.1 Å². The molecule has 0 spiro atoms. The van der Waals surface area contributed by atoms with Gasteiger partial charge in [0.1, 0.15) is 22.9 Å². The molecule has 0 bridgehead atoms. The monoisotopic (exact) mass is 426 g/mol. The quantitative estimate of drug-likeness (QED) is 0.434. The van der Waals surface area contributed by atoms with Crippen LogP contribution in [0.1, 0.15) is 0 Å². The van der Waals surface area contributed by atoms with Crippen LogP contribution in [0.4, 0.5) is 11.5 Å². The van der Waals surface area contributed by atoms with Crippen molar-refractivity contribution < 1.29 is 4.74 Å². The highest BCUT2D eigenvalue weighted by Crippen LogP contribution is 2.31. The lowest BCUT2D eigenvalue weighted by Crippen LogP contribution is -1.97. The van der Waals surface area contributed by atoms with E-state index in [9.17, 15) is 0 Å². The van der Waals surface area contributed by atoms with Gasteiger partial charge in [0.05, 0.1) is 17.4 Å². The molecule has 2 aromatic heterocycles. The van der Waals surface area contributed by atoms with Gasteiger partial charge in [-0.25, -0.2) is 15.0 Å². The van der Waals surface area contributed by atoms with Crippen molar-refractivity contribution >= 4 is 49.9 Å². The van der Waals surface area contributed by atoms with Gasteiger partial charge in [-0.2, -0.15) is 0 Å². The molecule has 26 heavy (non-hydrogen) atoms. The predicted molar refractivity (Wildman–Crippen MR) is 106 cm³/mol. The van der Waals surface area contributed by atoms with Crippen LogP contribution in [0.2, 0.25) is 5.02 Å². The second kappa shape index (κ2) is 7.27. The minimum atomic E-state index is 0.346. The van der Waals surface area contributed by atoms with Gasteiger partial charge in [-0.3, -0.25) is 0 Å². The zero-order valence-corrected chi connectivity index (χ0v) is 15.7. The number of aromatic nitrogens is 3. The molecule has 4 aromatic rings. The standard InChI is InChI=1S/C19H12BrClN4O/c20-12-6-7-17-15(8-12)18(24-11-23-17)25-13-9-16(21)19(22-10-13)26-14-4-2-1-3-5-14/h1-11H,(H,23,24,25). The molecule has 2 aromatic carbocycles. The molecule has 0 atom stereocenters. The minimum Gasteiger partial charge on any atom is -0.438 e. The van der Waals surface area contributed by atoms with E-state index in [0.717, 1.165) is 15.4 Å². The van der Waals surface area contributed by atoms with E-state index in [1.54, 1.807) is 12.3 Å². The molecule has 0 fully saturated rings. The molecule has 7 heteroatoms. The number of hydrogen-bond acceptors (Lipinski definition) is 5. The molecule has 128 valence electrons. The maximum absolute atomic E-state index is 6.32. The van der Waals surface area contributed by atoms with Gasteiger partial charge in [-0.1, -0.05) is 45.7 Å². The minimum absolute atomic E-state index is 0.346. The Morgan fingerprint density at radius 3 is 2.62 bits per heavy atom. The summed E-state index contributed by atoms with van der Waals surface area (Å²) in [6.45, 7) is 0. The molecule has 0 radical (unpaired) electrons. The second-order valence-electron chi connectivity index (χ2n) is 5.43. The summed E-state index contributed by atoms with van der Waals surface area (Å²) in [7, 11) is 0. The van der Waals surface area contributed by atoms with Crippen LogP contribution in [-0.4, -0.2) is 15.0 Å². The van der Waals surface area contributed by atoms with Crippen LogP contribution in [0.3, 0.4) is 0 Å². The zero-order valence-electron chi connectivity index (χ0n) is 13.4. The largest absolute Gasteiger partial charge is 0.438 e. The predicted octanol–water partition coefficient (Wildman–Crippen LogP) is 5.98. The number of rotatable bonds is 4. The average molecular weight is 428 g/mol. The van der Waals surface area contributed by atoms with Crippen molar-refractivity contribution in [2.45, 2.75) is 0 Å². The first-order chi connectivity index (χ1) is 12.7. The Kier molecular flexibility index (Phi) is 4.69. The van der Waals surface area contributed by atoms with E-state index in [0.29, 0.717) is 28.2 Å². The van der Waals surface area contributed by atoms with Crippen molar-refractivity contribution in [1.29, 1.82) is 0 Å². The molecule has 2 heterocycles. The number of anilines is 2. The van der Waals surface area contributed by atoms with Crippen molar-refractivity contribution in [2.75, 3.05) is 5.32 Å². The SMILES string of the molecule is Clc1cc(Nc2ncnc3ccc(Br)cc23)cnc1Oc1ccccc1. The van der Waals surface area contributed by atoms with E-state index in [2.05, 4.69) is 36.2 Å². The smallest absolute Gasteiger partial charge is 0.238 e. The lowest BCUT2D eigenvalue weighted by atomic mass is 10.2. The summed E-state index contributed by atoms with van der Waals surface area (Å²) in [4.78, 5) is 12.9. The van der Waals surface area contributed by atoms with Crippen molar-refractivity contribution in [3.63, 3.8) is 0 Å². The Morgan fingerprint density at radius 2 is 1.81 bits per heavy atom. The molecule has 0 amide bonds. The lowest BCUT2D eigenvalue weighted by Gasteiger charge is -2.11. The molecule has 0 unspecified atom stereocenters. The fourth-order valence-electron chi connectivity index (χ4n) is 2.43. The van der Waals surface area contributed by atoms with E-state index in [1.807, 2.05) is 48.5 Å². The summed E-state index contributed by atoms with van der Waals surface area (Å²) >= 11 is 9.79. The molecule has 0 aliphatic carbocycles. The first-order valence-electron chi connectivity index (χ1n) is 7.75. The van der Waals surface area contributed by atoms with Gasteiger partial charge in [0.25, 0.3) is 0 Å². The lowest BCUT2D eigenvalue weighted by molar-refractivity contribution is 0.463. The number of fused-ring (bicyclic) bond motifs is 1. The summed E-state index contributed by atoms with van der Waals surface area (Å²) in [6.07, 6.45) is 3.16. The molecule has 0 aliphatic rings. The molecule has 0 aliphatic heterocycles. The molecule has 4 rings (SSSR count). The number of ether oxygens (including phenoxy) is 1. The van der Waals surface area contributed by atoms with E-state index >= 15 is 0 Å². The third-order valence-electron chi connectivity index (χ3n) is 3.63. The number of para-hydroxylation sites is 1.